The van der Waals surface area contributed by atoms with Crippen molar-refractivity contribution in [3.8, 4) is 22.8 Å². The number of esters is 1. The van der Waals surface area contributed by atoms with Crippen LogP contribution in [-0.4, -0.2) is 32.3 Å². The standard InChI is InChI=1S/C15H16ClNO6S/c1-4-24(20,21)17(3)15-14(22-9(2)18)12(19)13(23-15)10-7-5-6-8-11(10)16/h5-8,19H,4H2,1-3H3. The largest absolute Gasteiger partial charge is 0.502 e. The molecule has 9 heteroatoms. The third-order valence-electron chi connectivity index (χ3n) is 3.26. The first-order valence-corrected chi connectivity index (χ1v) is 8.93. The van der Waals surface area contributed by atoms with E-state index in [2.05, 4.69) is 0 Å². The second-order valence-corrected chi connectivity index (χ2v) is 7.55. The molecule has 2 aromatic rings. The molecule has 1 aromatic heterocycles. The summed E-state index contributed by atoms with van der Waals surface area (Å²) in [5.41, 5.74) is 0.332. The number of aromatic hydroxyl groups is 1. The lowest BCUT2D eigenvalue weighted by Crippen LogP contribution is -2.28. The Morgan fingerprint density at radius 3 is 2.54 bits per heavy atom. The highest BCUT2D eigenvalue weighted by molar-refractivity contribution is 7.92. The number of carbonyl (C=O) groups is 1. The summed E-state index contributed by atoms with van der Waals surface area (Å²) in [4.78, 5) is 11.3. The van der Waals surface area contributed by atoms with Crippen LogP contribution in [0.5, 0.6) is 11.5 Å². The number of carbonyl (C=O) groups excluding carboxylic acids is 1. The Hall–Kier alpha value is -2.19. The van der Waals surface area contributed by atoms with Crippen molar-refractivity contribution in [2.45, 2.75) is 13.8 Å². The van der Waals surface area contributed by atoms with E-state index in [1.54, 1.807) is 24.3 Å². The molecule has 2 rings (SSSR count). The van der Waals surface area contributed by atoms with Crippen LogP contribution in [0.3, 0.4) is 0 Å². The molecule has 0 saturated heterocycles. The Kier molecular flexibility index (Phi) is 5.10. The summed E-state index contributed by atoms with van der Waals surface area (Å²) >= 11 is 6.08. The summed E-state index contributed by atoms with van der Waals surface area (Å²) in [6.45, 7) is 2.58. The fourth-order valence-corrected chi connectivity index (χ4v) is 2.97. The zero-order chi connectivity index (χ0) is 18.1. The molecule has 0 aliphatic rings. The quantitative estimate of drug-likeness (QED) is 0.809. The van der Waals surface area contributed by atoms with Gasteiger partial charge in [0.05, 0.1) is 10.8 Å². The van der Waals surface area contributed by atoms with E-state index < -0.39 is 21.7 Å². The molecule has 0 unspecified atom stereocenters. The molecular weight excluding hydrogens is 358 g/mol. The lowest BCUT2D eigenvalue weighted by atomic mass is 10.1. The van der Waals surface area contributed by atoms with Gasteiger partial charge in [-0.3, -0.25) is 4.79 Å². The van der Waals surface area contributed by atoms with E-state index in [4.69, 9.17) is 20.8 Å². The van der Waals surface area contributed by atoms with Crippen LogP contribution >= 0.6 is 11.6 Å². The van der Waals surface area contributed by atoms with Crippen molar-refractivity contribution >= 4 is 33.5 Å². The highest BCUT2D eigenvalue weighted by atomic mass is 35.5. The summed E-state index contributed by atoms with van der Waals surface area (Å²) < 4.78 is 35.4. The van der Waals surface area contributed by atoms with E-state index in [1.165, 1.54) is 14.0 Å². The van der Waals surface area contributed by atoms with Crippen molar-refractivity contribution in [2.75, 3.05) is 17.1 Å². The predicted octanol–water partition coefficient (Wildman–Crippen LogP) is 3.02. The monoisotopic (exact) mass is 373 g/mol. The SMILES string of the molecule is CCS(=O)(=O)N(C)c1oc(-c2ccccc2Cl)c(O)c1OC(C)=O. The van der Waals surface area contributed by atoms with Crippen LogP contribution in [0.25, 0.3) is 11.3 Å². The van der Waals surface area contributed by atoms with Gasteiger partial charge in [0.1, 0.15) is 0 Å². The van der Waals surface area contributed by atoms with Crippen molar-refractivity contribution in [1.82, 2.24) is 0 Å². The van der Waals surface area contributed by atoms with Crippen molar-refractivity contribution in [1.29, 1.82) is 0 Å². The fourth-order valence-electron chi connectivity index (χ4n) is 1.99. The minimum absolute atomic E-state index is 0.0926. The van der Waals surface area contributed by atoms with Crippen LogP contribution in [-0.2, 0) is 14.8 Å². The van der Waals surface area contributed by atoms with Crippen molar-refractivity contribution < 1.29 is 27.5 Å². The van der Waals surface area contributed by atoms with Gasteiger partial charge in [0.15, 0.2) is 5.76 Å². The Morgan fingerprint density at radius 1 is 1.38 bits per heavy atom. The maximum Gasteiger partial charge on any atom is 0.308 e. The Morgan fingerprint density at radius 2 is 2.00 bits per heavy atom. The molecule has 0 amide bonds. The smallest absolute Gasteiger partial charge is 0.308 e. The molecule has 1 aromatic carbocycles. The van der Waals surface area contributed by atoms with Crippen LogP contribution in [0.4, 0.5) is 5.88 Å². The third kappa shape index (κ3) is 3.34. The van der Waals surface area contributed by atoms with Gasteiger partial charge in [-0.2, -0.15) is 0 Å². The van der Waals surface area contributed by atoms with Gasteiger partial charge in [-0.05, 0) is 19.1 Å². The minimum atomic E-state index is -3.70. The molecule has 0 aliphatic heterocycles. The topological polar surface area (TPSA) is 97.1 Å². The van der Waals surface area contributed by atoms with E-state index in [-0.39, 0.29) is 28.2 Å². The van der Waals surface area contributed by atoms with E-state index in [0.29, 0.717) is 5.56 Å². The summed E-state index contributed by atoms with van der Waals surface area (Å²) in [7, 11) is -2.46. The highest BCUT2D eigenvalue weighted by Gasteiger charge is 2.31. The van der Waals surface area contributed by atoms with Gasteiger partial charge < -0.3 is 14.3 Å². The van der Waals surface area contributed by atoms with E-state index in [0.717, 1.165) is 11.2 Å². The number of benzene rings is 1. The second kappa shape index (κ2) is 6.74. The first-order chi connectivity index (χ1) is 11.2. The highest BCUT2D eigenvalue weighted by Crippen LogP contribution is 2.49. The molecule has 0 aliphatic carbocycles. The van der Waals surface area contributed by atoms with E-state index in [9.17, 15) is 18.3 Å². The number of rotatable bonds is 5. The van der Waals surface area contributed by atoms with E-state index >= 15 is 0 Å². The van der Waals surface area contributed by atoms with Gasteiger partial charge in [0.25, 0.3) is 5.88 Å². The number of anilines is 1. The Labute approximate surface area is 144 Å². The van der Waals surface area contributed by atoms with Crippen molar-refractivity contribution in [2.24, 2.45) is 0 Å². The molecule has 0 saturated carbocycles. The summed E-state index contributed by atoms with van der Waals surface area (Å²) in [6.07, 6.45) is 0. The van der Waals surface area contributed by atoms with Crippen LogP contribution in [0.15, 0.2) is 28.7 Å². The fraction of sp³-hybridized carbons (Fsp3) is 0.267. The zero-order valence-corrected chi connectivity index (χ0v) is 14.8. The molecule has 0 spiro atoms. The number of sulfonamides is 1. The Balaban J connectivity index is 2.69. The first-order valence-electron chi connectivity index (χ1n) is 6.94. The van der Waals surface area contributed by atoms with Crippen molar-refractivity contribution in [3.05, 3.63) is 29.3 Å². The maximum atomic E-state index is 12.1. The maximum absolute atomic E-state index is 12.1. The third-order valence-corrected chi connectivity index (χ3v) is 5.31. The molecule has 0 bridgehead atoms. The normalized spacial score (nSPS) is 11.3. The van der Waals surface area contributed by atoms with Gasteiger partial charge in [0.2, 0.25) is 21.5 Å². The van der Waals surface area contributed by atoms with Crippen LogP contribution in [0.1, 0.15) is 13.8 Å². The molecule has 1 heterocycles. The van der Waals surface area contributed by atoms with Gasteiger partial charge >= 0.3 is 5.97 Å². The van der Waals surface area contributed by atoms with Crippen LogP contribution in [0, 0.1) is 0 Å². The number of ether oxygens (including phenoxy) is 1. The second-order valence-electron chi connectivity index (χ2n) is 4.86. The molecular formula is C15H16ClNO6S. The Bertz CT molecular complexity index is 874. The number of nitrogens with zero attached hydrogens (tertiary/aromatic N) is 1. The first kappa shape index (κ1) is 18.2. The lowest BCUT2D eigenvalue weighted by molar-refractivity contribution is -0.132. The molecule has 0 radical (unpaired) electrons. The molecule has 7 nitrogen and oxygen atoms in total. The van der Waals surface area contributed by atoms with Crippen LogP contribution in [0.2, 0.25) is 5.02 Å². The predicted molar refractivity (Wildman–Crippen MR) is 90.0 cm³/mol. The molecule has 24 heavy (non-hydrogen) atoms. The summed E-state index contributed by atoms with van der Waals surface area (Å²) in [6, 6.07) is 6.52. The van der Waals surface area contributed by atoms with Crippen molar-refractivity contribution in [3.63, 3.8) is 0 Å². The summed E-state index contributed by atoms with van der Waals surface area (Å²) in [5, 5.41) is 10.7. The molecule has 1 N–H and O–H groups in total. The van der Waals surface area contributed by atoms with Crippen LogP contribution < -0.4 is 9.04 Å². The molecule has 0 atom stereocenters. The van der Waals surface area contributed by atoms with Gasteiger partial charge in [-0.25, -0.2) is 12.7 Å². The molecule has 0 fully saturated rings. The zero-order valence-electron chi connectivity index (χ0n) is 13.2. The number of hydrogen-bond donors (Lipinski definition) is 1. The molecule has 130 valence electrons. The summed E-state index contributed by atoms with van der Waals surface area (Å²) in [5.74, 6) is -2.22. The lowest BCUT2D eigenvalue weighted by Gasteiger charge is -2.16. The van der Waals surface area contributed by atoms with Gasteiger partial charge in [-0.1, -0.05) is 23.7 Å². The van der Waals surface area contributed by atoms with Gasteiger partial charge in [-0.15, -0.1) is 0 Å². The number of hydrogen-bond acceptors (Lipinski definition) is 6. The van der Waals surface area contributed by atoms with Gasteiger partial charge in [0, 0.05) is 19.5 Å². The average Bonchev–Trinajstić information content (AvgIpc) is 2.83. The van der Waals surface area contributed by atoms with E-state index in [1.807, 2.05) is 0 Å². The average molecular weight is 374 g/mol. The number of halogens is 1. The number of furan rings is 1. The minimum Gasteiger partial charge on any atom is -0.502 e.